The van der Waals surface area contributed by atoms with Crippen molar-refractivity contribution in [1.29, 1.82) is 0 Å². The van der Waals surface area contributed by atoms with Crippen molar-refractivity contribution in [2.24, 2.45) is 0 Å². The summed E-state index contributed by atoms with van der Waals surface area (Å²) in [6.45, 7) is 5.86. The maximum atomic E-state index is 11.6. The fraction of sp³-hybridized carbons (Fsp3) is 0.636. The van der Waals surface area contributed by atoms with Crippen molar-refractivity contribution < 1.29 is 19.1 Å². The lowest BCUT2D eigenvalue weighted by Crippen LogP contribution is -2.61. The predicted octanol–water partition coefficient (Wildman–Crippen LogP) is -0.148. The van der Waals surface area contributed by atoms with Crippen LogP contribution in [0.3, 0.4) is 0 Å². The van der Waals surface area contributed by atoms with Gasteiger partial charge in [0.05, 0.1) is 12.6 Å². The standard InChI is InChI=1S/C11H16N2O4/c1-2-5-17-11(15)12-3-4-13-9(6-12)7-16-8-10(13)14/h2,9H,1,3-8H2. The van der Waals surface area contributed by atoms with Crippen molar-refractivity contribution in [3.63, 3.8) is 0 Å². The third-order valence-electron chi connectivity index (χ3n) is 2.92. The molecule has 1 unspecified atom stereocenters. The fourth-order valence-corrected chi connectivity index (χ4v) is 2.08. The highest BCUT2D eigenvalue weighted by atomic mass is 16.6. The van der Waals surface area contributed by atoms with Gasteiger partial charge in [-0.2, -0.15) is 0 Å². The van der Waals surface area contributed by atoms with Crippen molar-refractivity contribution in [2.45, 2.75) is 6.04 Å². The van der Waals surface area contributed by atoms with Crippen LogP contribution >= 0.6 is 0 Å². The molecule has 2 aliphatic rings. The SMILES string of the molecule is C=CCOC(=O)N1CCN2C(=O)COCC2C1. The first-order valence-corrected chi connectivity index (χ1v) is 5.62. The molecule has 6 nitrogen and oxygen atoms in total. The Labute approximate surface area is 99.8 Å². The molecule has 6 heteroatoms. The lowest BCUT2D eigenvalue weighted by molar-refractivity contribution is -0.151. The van der Waals surface area contributed by atoms with E-state index in [1.165, 1.54) is 6.08 Å². The lowest BCUT2D eigenvalue weighted by atomic mass is 10.1. The van der Waals surface area contributed by atoms with Crippen LogP contribution in [0.25, 0.3) is 0 Å². The monoisotopic (exact) mass is 240 g/mol. The number of hydrogen-bond acceptors (Lipinski definition) is 4. The highest BCUT2D eigenvalue weighted by Gasteiger charge is 2.35. The third kappa shape index (κ3) is 2.58. The van der Waals surface area contributed by atoms with Crippen LogP contribution in [0.15, 0.2) is 12.7 Å². The Kier molecular flexibility index (Phi) is 3.63. The zero-order valence-electron chi connectivity index (χ0n) is 9.63. The zero-order valence-corrected chi connectivity index (χ0v) is 9.63. The fourth-order valence-electron chi connectivity index (χ4n) is 2.08. The molecule has 0 spiro atoms. The molecule has 0 aromatic heterocycles. The Bertz CT molecular complexity index is 331. The summed E-state index contributed by atoms with van der Waals surface area (Å²) >= 11 is 0. The van der Waals surface area contributed by atoms with Gasteiger partial charge in [0.25, 0.3) is 0 Å². The second-order valence-corrected chi connectivity index (χ2v) is 4.07. The van der Waals surface area contributed by atoms with Crippen molar-refractivity contribution >= 4 is 12.0 Å². The van der Waals surface area contributed by atoms with Gasteiger partial charge >= 0.3 is 6.09 Å². The van der Waals surface area contributed by atoms with E-state index in [9.17, 15) is 9.59 Å². The Balaban J connectivity index is 1.90. The highest BCUT2D eigenvalue weighted by molar-refractivity contribution is 5.79. The average molecular weight is 240 g/mol. The molecule has 1 atom stereocenters. The van der Waals surface area contributed by atoms with E-state index in [1.807, 2.05) is 0 Å². The molecule has 2 rings (SSSR count). The van der Waals surface area contributed by atoms with Gasteiger partial charge in [0.1, 0.15) is 13.2 Å². The molecule has 2 saturated heterocycles. The van der Waals surface area contributed by atoms with Gasteiger partial charge < -0.3 is 19.3 Å². The molecular weight excluding hydrogens is 224 g/mol. The molecule has 0 N–H and O–H groups in total. The van der Waals surface area contributed by atoms with Crippen molar-refractivity contribution in [3.8, 4) is 0 Å². The smallest absolute Gasteiger partial charge is 0.410 e. The summed E-state index contributed by atoms with van der Waals surface area (Å²) in [5.41, 5.74) is 0. The van der Waals surface area contributed by atoms with Gasteiger partial charge in [0, 0.05) is 19.6 Å². The minimum Gasteiger partial charge on any atom is -0.445 e. The van der Waals surface area contributed by atoms with Crippen LogP contribution < -0.4 is 0 Å². The van der Waals surface area contributed by atoms with Crippen LogP contribution in [0.1, 0.15) is 0 Å². The summed E-state index contributed by atoms with van der Waals surface area (Å²) in [5, 5.41) is 0. The number of hydrogen-bond donors (Lipinski definition) is 0. The number of carbonyl (C=O) groups excluding carboxylic acids is 2. The van der Waals surface area contributed by atoms with Crippen LogP contribution in [0, 0.1) is 0 Å². The largest absolute Gasteiger partial charge is 0.445 e. The zero-order chi connectivity index (χ0) is 12.3. The minimum absolute atomic E-state index is 0.000332. The molecule has 2 aliphatic heterocycles. The van der Waals surface area contributed by atoms with E-state index < -0.39 is 0 Å². The first kappa shape index (κ1) is 11.9. The van der Waals surface area contributed by atoms with Gasteiger partial charge in [-0.1, -0.05) is 12.7 Å². The molecule has 2 amide bonds. The Morgan fingerprint density at radius 2 is 2.41 bits per heavy atom. The Hall–Kier alpha value is -1.56. The number of nitrogens with zero attached hydrogens (tertiary/aromatic N) is 2. The maximum Gasteiger partial charge on any atom is 0.410 e. The van der Waals surface area contributed by atoms with Crippen molar-refractivity contribution in [1.82, 2.24) is 9.80 Å². The van der Waals surface area contributed by atoms with Crippen LogP contribution in [0.2, 0.25) is 0 Å². The molecule has 0 aromatic rings. The molecule has 0 bridgehead atoms. The summed E-state index contributed by atoms with van der Waals surface area (Å²) in [5.74, 6) is 0.000332. The van der Waals surface area contributed by atoms with E-state index in [-0.39, 0.29) is 31.3 Å². The molecular formula is C11H16N2O4. The van der Waals surface area contributed by atoms with E-state index in [0.717, 1.165) is 0 Å². The number of carbonyl (C=O) groups is 2. The maximum absolute atomic E-state index is 11.6. The Morgan fingerprint density at radius 1 is 1.59 bits per heavy atom. The van der Waals surface area contributed by atoms with Crippen molar-refractivity contribution in [3.05, 3.63) is 12.7 Å². The molecule has 0 aromatic carbocycles. The summed E-state index contributed by atoms with van der Waals surface area (Å²) in [6.07, 6.45) is 1.17. The molecule has 0 saturated carbocycles. The molecule has 2 heterocycles. The summed E-state index contributed by atoms with van der Waals surface area (Å²) in [7, 11) is 0. The van der Waals surface area contributed by atoms with Crippen LogP contribution in [0.5, 0.6) is 0 Å². The van der Waals surface area contributed by atoms with E-state index in [1.54, 1.807) is 9.80 Å². The average Bonchev–Trinajstić information content (AvgIpc) is 2.36. The van der Waals surface area contributed by atoms with E-state index in [2.05, 4.69) is 6.58 Å². The second-order valence-electron chi connectivity index (χ2n) is 4.07. The number of morpholine rings is 1. The number of amides is 2. The molecule has 2 fully saturated rings. The summed E-state index contributed by atoms with van der Waals surface area (Å²) < 4.78 is 10.1. The predicted molar refractivity (Wildman–Crippen MR) is 59.4 cm³/mol. The van der Waals surface area contributed by atoms with Crippen LogP contribution in [-0.2, 0) is 14.3 Å². The van der Waals surface area contributed by atoms with E-state index >= 15 is 0 Å². The normalized spacial score (nSPS) is 24.2. The van der Waals surface area contributed by atoms with Gasteiger partial charge in [-0.15, -0.1) is 0 Å². The summed E-state index contributed by atoms with van der Waals surface area (Å²) in [4.78, 5) is 26.5. The highest BCUT2D eigenvalue weighted by Crippen LogP contribution is 2.15. The van der Waals surface area contributed by atoms with E-state index in [0.29, 0.717) is 26.2 Å². The van der Waals surface area contributed by atoms with Crippen LogP contribution in [-0.4, -0.2) is 67.3 Å². The number of rotatable bonds is 2. The van der Waals surface area contributed by atoms with Gasteiger partial charge in [-0.3, -0.25) is 4.79 Å². The number of piperazine rings is 1. The topological polar surface area (TPSA) is 59.1 Å². The van der Waals surface area contributed by atoms with Crippen LogP contribution in [0.4, 0.5) is 4.79 Å². The minimum atomic E-state index is -0.359. The lowest BCUT2D eigenvalue weighted by Gasteiger charge is -2.43. The number of fused-ring (bicyclic) bond motifs is 1. The quantitative estimate of drug-likeness (QED) is 0.630. The van der Waals surface area contributed by atoms with E-state index in [4.69, 9.17) is 9.47 Å². The first-order valence-electron chi connectivity index (χ1n) is 5.62. The molecule has 94 valence electrons. The Morgan fingerprint density at radius 3 is 3.18 bits per heavy atom. The molecule has 17 heavy (non-hydrogen) atoms. The van der Waals surface area contributed by atoms with Gasteiger partial charge in [0.2, 0.25) is 5.91 Å². The van der Waals surface area contributed by atoms with Gasteiger partial charge in [-0.05, 0) is 0 Å². The first-order chi connectivity index (χ1) is 8.22. The molecule has 0 aliphatic carbocycles. The third-order valence-corrected chi connectivity index (χ3v) is 2.92. The molecule has 0 radical (unpaired) electrons. The number of ether oxygens (including phenoxy) is 2. The van der Waals surface area contributed by atoms with Gasteiger partial charge in [0.15, 0.2) is 0 Å². The second kappa shape index (κ2) is 5.18. The summed E-state index contributed by atoms with van der Waals surface area (Å²) in [6, 6.07) is -0.0405. The van der Waals surface area contributed by atoms with Gasteiger partial charge in [-0.25, -0.2) is 4.79 Å². The van der Waals surface area contributed by atoms with Crippen molar-refractivity contribution in [2.75, 3.05) is 39.5 Å².